The van der Waals surface area contributed by atoms with Crippen LogP contribution in [0.5, 0.6) is 0 Å². The Bertz CT molecular complexity index is 1080. The summed E-state index contributed by atoms with van der Waals surface area (Å²) in [6, 6.07) is 17.7. The van der Waals surface area contributed by atoms with Gasteiger partial charge in [-0.3, -0.25) is 10.7 Å². The van der Waals surface area contributed by atoms with E-state index in [1.54, 1.807) is 24.3 Å². The van der Waals surface area contributed by atoms with E-state index in [4.69, 9.17) is 11.6 Å². The van der Waals surface area contributed by atoms with Gasteiger partial charge in [0.1, 0.15) is 0 Å². The molecular weight excluding hydrogens is 444 g/mol. The predicted molar refractivity (Wildman–Crippen MR) is 125 cm³/mol. The first-order valence-corrected chi connectivity index (χ1v) is 13.4. The van der Waals surface area contributed by atoms with Gasteiger partial charge in [-0.25, -0.2) is 13.4 Å². The summed E-state index contributed by atoms with van der Waals surface area (Å²) in [5, 5.41) is 6.75. The second-order valence-electron chi connectivity index (χ2n) is 9.55. The number of hydrogen-bond donors (Lipinski definition) is 2. The van der Waals surface area contributed by atoms with Gasteiger partial charge in [-0.15, -0.1) is 0 Å². The third-order valence-electron chi connectivity index (χ3n) is 7.94. The van der Waals surface area contributed by atoms with Crippen LogP contribution in [0.25, 0.3) is 0 Å². The minimum absolute atomic E-state index is 0.0270. The normalized spacial score (nSPS) is 35.3. The molecule has 0 aromatic heterocycles. The van der Waals surface area contributed by atoms with Crippen molar-refractivity contribution in [3.05, 3.63) is 65.2 Å². The van der Waals surface area contributed by atoms with Gasteiger partial charge in [0.2, 0.25) is 10.0 Å². The molecule has 2 aromatic rings. The van der Waals surface area contributed by atoms with E-state index in [0.29, 0.717) is 21.9 Å². The first-order chi connectivity index (χ1) is 15.5. The highest BCUT2D eigenvalue weighted by Crippen LogP contribution is 2.45. The van der Waals surface area contributed by atoms with Gasteiger partial charge >= 0.3 is 0 Å². The van der Waals surface area contributed by atoms with E-state index in [1.807, 2.05) is 4.31 Å². The first kappa shape index (κ1) is 21.1. The van der Waals surface area contributed by atoms with Crippen LogP contribution < -0.4 is 10.7 Å². The monoisotopic (exact) mass is 472 g/mol. The quantitative estimate of drug-likeness (QED) is 0.718. The topological polar surface area (TPSA) is 64.7 Å². The van der Waals surface area contributed by atoms with Crippen LogP contribution >= 0.6 is 11.6 Å². The maximum atomic E-state index is 13.7. The zero-order valence-corrected chi connectivity index (χ0v) is 19.5. The predicted octanol–water partition coefficient (Wildman–Crippen LogP) is 3.17. The van der Waals surface area contributed by atoms with E-state index in [2.05, 4.69) is 46.1 Å². The number of halogens is 1. The third-order valence-corrected chi connectivity index (χ3v) is 10.2. The highest BCUT2D eigenvalue weighted by atomic mass is 35.5. The Hall–Kier alpha value is -1.48. The van der Waals surface area contributed by atoms with Crippen LogP contribution in [0, 0.1) is 5.92 Å². The number of sulfonamides is 1. The highest BCUT2D eigenvalue weighted by molar-refractivity contribution is 7.89. The van der Waals surface area contributed by atoms with Crippen LogP contribution in [0.3, 0.4) is 0 Å². The van der Waals surface area contributed by atoms with E-state index >= 15 is 0 Å². The summed E-state index contributed by atoms with van der Waals surface area (Å²) in [4.78, 5) is 0.349. The van der Waals surface area contributed by atoms with E-state index < -0.39 is 10.0 Å². The van der Waals surface area contributed by atoms with Crippen molar-refractivity contribution in [2.75, 3.05) is 13.1 Å². The molecular formula is C24H29ClN4O2S. The Kier molecular flexibility index (Phi) is 5.32. The van der Waals surface area contributed by atoms with Gasteiger partial charge in [-0.1, -0.05) is 48.4 Å². The molecule has 6 atom stereocenters. The molecule has 0 radical (unpaired) electrons. The molecule has 170 valence electrons. The Morgan fingerprint density at radius 1 is 0.938 bits per heavy atom. The van der Waals surface area contributed by atoms with Crippen molar-refractivity contribution >= 4 is 21.6 Å². The van der Waals surface area contributed by atoms with Crippen molar-refractivity contribution in [3.8, 4) is 0 Å². The molecule has 0 spiro atoms. The number of piperidine rings is 2. The summed E-state index contributed by atoms with van der Waals surface area (Å²) >= 11 is 6.01. The number of rotatable bonds is 3. The molecule has 4 heterocycles. The number of nitrogens with zero attached hydrogens (tertiary/aromatic N) is 2. The van der Waals surface area contributed by atoms with E-state index in [1.165, 1.54) is 5.56 Å². The van der Waals surface area contributed by atoms with E-state index in [0.717, 1.165) is 38.8 Å². The molecule has 6 unspecified atom stereocenters. The number of nitrogens with one attached hydrogen (secondary N) is 2. The molecule has 4 aliphatic rings. The van der Waals surface area contributed by atoms with E-state index in [9.17, 15) is 8.42 Å². The summed E-state index contributed by atoms with van der Waals surface area (Å²) in [5.74, 6) is 0.666. The number of hydrazine groups is 1. The summed E-state index contributed by atoms with van der Waals surface area (Å²) in [6.45, 7) is 1.76. The van der Waals surface area contributed by atoms with Crippen LogP contribution in [0.15, 0.2) is 59.5 Å². The Labute approximate surface area is 194 Å². The smallest absolute Gasteiger partial charge is 0.243 e. The molecule has 8 heteroatoms. The lowest BCUT2D eigenvalue weighted by Gasteiger charge is -2.57. The van der Waals surface area contributed by atoms with Gasteiger partial charge in [0.15, 0.2) is 0 Å². The second kappa shape index (κ2) is 8.08. The number of hydrogen-bond acceptors (Lipinski definition) is 5. The number of fused-ring (bicyclic) bond motifs is 6. The van der Waals surface area contributed by atoms with Crippen LogP contribution in [-0.4, -0.2) is 55.1 Å². The fourth-order valence-electron chi connectivity index (χ4n) is 6.55. The maximum Gasteiger partial charge on any atom is 0.243 e. The summed E-state index contributed by atoms with van der Waals surface area (Å²) < 4.78 is 29.2. The zero-order valence-electron chi connectivity index (χ0n) is 17.9. The van der Waals surface area contributed by atoms with Crippen molar-refractivity contribution in [1.29, 1.82) is 0 Å². The molecule has 0 saturated carbocycles. The molecule has 2 N–H and O–H groups in total. The SMILES string of the molecule is O=S(=O)(c1ccc(Cl)cc1)N1C2CCCC1C1CNC3C(c4ccccc4)CNN3C1C2. The lowest BCUT2D eigenvalue weighted by atomic mass is 9.74. The van der Waals surface area contributed by atoms with Crippen LogP contribution in [0.2, 0.25) is 5.02 Å². The van der Waals surface area contributed by atoms with Gasteiger partial charge < -0.3 is 0 Å². The fourth-order valence-corrected chi connectivity index (χ4v) is 8.60. The minimum Gasteiger partial charge on any atom is -0.300 e. The molecule has 0 amide bonds. The van der Waals surface area contributed by atoms with Crippen molar-refractivity contribution in [2.24, 2.45) is 5.92 Å². The lowest BCUT2D eigenvalue weighted by Crippen LogP contribution is -2.71. The Morgan fingerprint density at radius 3 is 2.50 bits per heavy atom. The van der Waals surface area contributed by atoms with Crippen LogP contribution in [-0.2, 0) is 10.0 Å². The lowest BCUT2D eigenvalue weighted by molar-refractivity contribution is -0.0648. The van der Waals surface area contributed by atoms with Crippen molar-refractivity contribution in [2.45, 2.75) is 60.8 Å². The standard InChI is InChI=1S/C24H29ClN4O2S/c25-17-9-11-19(12-10-17)32(30,31)29-18-7-4-8-22(29)21-14-26-24-20(16-5-2-1-3-6-16)15-27-28(24)23(21)13-18/h1-3,5-6,9-12,18,20-24,26-27H,4,7-8,13-15H2. The summed E-state index contributed by atoms with van der Waals surface area (Å²) in [7, 11) is -3.56. The van der Waals surface area contributed by atoms with Gasteiger partial charge in [-0.05, 0) is 49.1 Å². The molecule has 6 rings (SSSR count). The van der Waals surface area contributed by atoms with Crippen LogP contribution in [0.1, 0.15) is 37.2 Å². The third kappa shape index (κ3) is 3.33. The summed E-state index contributed by atoms with van der Waals surface area (Å²) in [6.07, 6.45) is 4.07. The molecule has 0 aliphatic carbocycles. The van der Waals surface area contributed by atoms with E-state index in [-0.39, 0.29) is 24.2 Å². The molecule has 6 nitrogen and oxygen atoms in total. The average molecular weight is 473 g/mol. The largest absolute Gasteiger partial charge is 0.300 e. The van der Waals surface area contributed by atoms with Crippen molar-refractivity contribution in [3.63, 3.8) is 0 Å². The molecule has 32 heavy (non-hydrogen) atoms. The van der Waals surface area contributed by atoms with Gasteiger partial charge in [-0.2, -0.15) is 4.31 Å². The maximum absolute atomic E-state index is 13.7. The van der Waals surface area contributed by atoms with Gasteiger partial charge in [0.05, 0.1) is 11.1 Å². The molecule has 4 saturated heterocycles. The molecule has 4 fully saturated rings. The first-order valence-electron chi connectivity index (χ1n) is 11.6. The minimum atomic E-state index is -3.56. The van der Waals surface area contributed by atoms with Crippen LogP contribution in [0.4, 0.5) is 0 Å². The van der Waals surface area contributed by atoms with Gasteiger partial charge in [0.25, 0.3) is 0 Å². The summed E-state index contributed by atoms with van der Waals surface area (Å²) in [5.41, 5.74) is 5.02. The molecule has 4 aliphatic heterocycles. The Balaban J connectivity index is 1.29. The fraction of sp³-hybridized carbons (Fsp3) is 0.500. The average Bonchev–Trinajstić information content (AvgIpc) is 3.24. The van der Waals surface area contributed by atoms with Crippen molar-refractivity contribution in [1.82, 2.24) is 20.1 Å². The highest BCUT2D eigenvalue weighted by Gasteiger charge is 2.55. The van der Waals surface area contributed by atoms with Crippen molar-refractivity contribution < 1.29 is 8.42 Å². The number of benzene rings is 2. The molecule has 2 bridgehead atoms. The Morgan fingerprint density at radius 2 is 1.72 bits per heavy atom. The zero-order chi connectivity index (χ0) is 21.9. The second-order valence-corrected chi connectivity index (χ2v) is 11.8. The van der Waals surface area contributed by atoms with Gasteiger partial charge in [0, 0.05) is 48.1 Å². The molecule has 2 aromatic carbocycles.